The van der Waals surface area contributed by atoms with Gasteiger partial charge < -0.3 is 9.73 Å². The van der Waals surface area contributed by atoms with E-state index in [1.54, 1.807) is 6.07 Å². The Morgan fingerprint density at radius 1 is 1.28 bits per heavy atom. The summed E-state index contributed by atoms with van der Waals surface area (Å²) in [6.45, 7) is 2.96. The van der Waals surface area contributed by atoms with Crippen LogP contribution in [0.15, 0.2) is 45.3 Å². The second kappa shape index (κ2) is 6.41. The predicted molar refractivity (Wildman–Crippen MR) is 78.0 cm³/mol. The van der Waals surface area contributed by atoms with Crippen molar-refractivity contribution >= 4 is 27.5 Å². The fourth-order valence-corrected chi connectivity index (χ4v) is 2.52. The van der Waals surface area contributed by atoms with Crippen LogP contribution in [-0.2, 0) is 6.42 Å². The first-order valence-corrected chi connectivity index (χ1v) is 7.10. The molecule has 0 aliphatic heterocycles. The van der Waals surface area contributed by atoms with Crippen LogP contribution in [0.5, 0.6) is 0 Å². The van der Waals surface area contributed by atoms with E-state index < -0.39 is 0 Å². The molecule has 0 aliphatic carbocycles. The smallest absolute Gasteiger partial charge is 0.193 e. The van der Waals surface area contributed by atoms with Gasteiger partial charge in [-0.25, -0.2) is 0 Å². The quantitative estimate of drug-likeness (QED) is 0.868. The van der Waals surface area contributed by atoms with Gasteiger partial charge in [-0.2, -0.15) is 0 Å². The molecule has 1 unspecified atom stereocenters. The van der Waals surface area contributed by atoms with Crippen LogP contribution >= 0.6 is 27.5 Å². The molecule has 0 amide bonds. The van der Waals surface area contributed by atoms with Gasteiger partial charge in [0.05, 0.1) is 6.04 Å². The molecule has 0 bridgehead atoms. The minimum absolute atomic E-state index is 0.140. The van der Waals surface area contributed by atoms with Crippen molar-refractivity contribution in [3.63, 3.8) is 0 Å². The predicted octanol–water partition coefficient (Wildman–Crippen LogP) is 4.59. The molecule has 2 rings (SSSR count). The zero-order valence-electron chi connectivity index (χ0n) is 10.1. The third-order valence-corrected chi connectivity index (χ3v) is 3.75. The Labute approximate surface area is 120 Å². The van der Waals surface area contributed by atoms with Gasteiger partial charge in [-0.3, -0.25) is 0 Å². The fourth-order valence-electron chi connectivity index (χ4n) is 1.92. The summed E-state index contributed by atoms with van der Waals surface area (Å²) in [4.78, 5) is 0. The molecule has 2 nitrogen and oxygen atoms in total. The van der Waals surface area contributed by atoms with Crippen molar-refractivity contribution in [2.45, 2.75) is 19.4 Å². The number of benzene rings is 1. The van der Waals surface area contributed by atoms with Crippen LogP contribution in [0.4, 0.5) is 0 Å². The highest BCUT2D eigenvalue weighted by Crippen LogP contribution is 2.26. The van der Waals surface area contributed by atoms with Crippen molar-refractivity contribution < 1.29 is 4.42 Å². The Morgan fingerprint density at radius 3 is 2.67 bits per heavy atom. The van der Waals surface area contributed by atoms with Gasteiger partial charge >= 0.3 is 0 Å². The van der Waals surface area contributed by atoms with Crippen molar-refractivity contribution in [1.29, 1.82) is 0 Å². The Hall–Kier alpha value is -0.770. The summed E-state index contributed by atoms with van der Waals surface area (Å²) >= 11 is 9.40. The maximum atomic E-state index is 5.84. The fraction of sp³-hybridized carbons (Fsp3) is 0.286. The van der Waals surface area contributed by atoms with Crippen LogP contribution in [-0.4, -0.2) is 6.54 Å². The van der Waals surface area contributed by atoms with Crippen molar-refractivity contribution in [2.75, 3.05) is 6.54 Å². The Kier molecular flexibility index (Phi) is 4.87. The van der Waals surface area contributed by atoms with Gasteiger partial charge in [0.1, 0.15) is 5.76 Å². The summed E-state index contributed by atoms with van der Waals surface area (Å²) in [7, 11) is 0. The lowest BCUT2D eigenvalue weighted by atomic mass is 10.0. The highest BCUT2D eigenvalue weighted by molar-refractivity contribution is 9.10. The first-order chi connectivity index (χ1) is 8.70. The van der Waals surface area contributed by atoms with Gasteiger partial charge in [-0.15, -0.1) is 0 Å². The van der Waals surface area contributed by atoms with Gasteiger partial charge in [0.25, 0.3) is 0 Å². The molecule has 1 aromatic carbocycles. The zero-order chi connectivity index (χ0) is 13.0. The normalized spacial score (nSPS) is 12.6. The lowest BCUT2D eigenvalue weighted by Gasteiger charge is -2.16. The second-order valence-corrected chi connectivity index (χ2v) is 5.27. The number of hydrogen-bond donors (Lipinski definition) is 1. The van der Waals surface area contributed by atoms with E-state index in [1.807, 2.05) is 24.3 Å². The van der Waals surface area contributed by atoms with E-state index in [1.165, 1.54) is 5.56 Å². The Morgan fingerprint density at radius 2 is 2.06 bits per heavy atom. The van der Waals surface area contributed by atoms with E-state index >= 15 is 0 Å². The lowest BCUT2D eigenvalue weighted by Crippen LogP contribution is -2.22. The molecule has 0 saturated heterocycles. The first kappa shape index (κ1) is 13.7. The SMILES string of the molecule is CCNC(Cc1ccccc1Br)c1ccc(Cl)o1. The summed E-state index contributed by atoms with van der Waals surface area (Å²) in [5.74, 6) is 0.873. The molecule has 96 valence electrons. The van der Waals surface area contributed by atoms with Crippen molar-refractivity contribution in [2.24, 2.45) is 0 Å². The summed E-state index contributed by atoms with van der Waals surface area (Å²) in [6.07, 6.45) is 0.860. The molecule has 18 heavy (non-hydrogen) atoms. The van der Waals surface area contributed by atoms with Crippen LogP contribution in [0.3, 0.4) is 0 Å². The molecular formula is C14H15BrClNO. The maximum Gasteiger partial charge on any atom is 0.193 e. The maximum absolute atomic E-state index is 5.84. The molecule has 0 fully saturated rings. The molecule has 0 aliphatic rings. The van der Waals surface area contributed by atoms with Gasteiger partial charge in [0.15, 0.2) is 5.22 Å². The van der Waals surface area contributed by atoms with E-state index in [4.69, 9.17) is 16.0 Å². The first-order valence-electron chi connectivity index (χ1n) is 5.92. The number of nitrogens with one attached hydrogen (secondary N) is 1. The zero-order valence-corrected chi connectivity index (χ0v) is 12.5. The summed E-state index contributed by atoms with van der Waals surface area (Å²) < 4.78 is 6.61. The molecule has 0 saturated carbocycles. The highest BCUT2D eigenvalue weighted by atomic mass is 79.9. The minimum atomic E-state index is 0.140. The largest absolute Gasteiger partial charge is 0.448 e. The highest BCUT2D eigenvalue weighted by Gasteiger charge is 2.16. The van der Waals surface area contributed by atoms with Crippen LogP contribution in [0.1, 0.15) is 24.3 Å². The number of halogens is 2. The van der Waals surface area contributed by atoms with Crippen molar-refractivity contribution in [1.82, 2.24) is 5.32 Å². The van der Waals surface area contributed by atoms with Gasteiger partial charge in [-0.05, 0) is 48.3 Å². The summed E-state index contributed by atoms with van der Waals surface area (Å²) in [6, 6.07) is 12.1. The van der Waals surface area contributed by atoms with E-state index in [-0.39, 0.29) is 6.04 Å². The van der Waals surface area contributed by atoms with Crippen LogP contribution in [0.25, 0.3) is 0 Å². The van der Waals surface area contributed by atoms with E-state index in [0.29, 0.717) is 5.22 Å². The molecule has 0 radical (unpaired) electrons. The van der Waals surface area contributed by atoms with Crippen LogP contribution in [0, 0.1) is 0 Å². The topological polar surface area (TPSA) is 25.2 Å². The average molecular weight is 329 g/mol. The molecular weight excluding hydrogens is 314 g/mol. The molecule has 1 N–H and O–H groups in total. The van der Waals surface area contributed by atoms with E-state index in [9.17, 15) is 0 Å². The third-order valence-electron chi connectivity index (χ3n) is 2.77. The second-order valence-electron chi connectivity index (χ2n) is 4.05. The number of furan rings is 1. The third kappa shape index (κ3) is 3.37. The van der Waals surface area contributed by atoms with E-state index in [2.05, 4.69) is 34.2 Å². The molecule has 2 aromatic rings. The standard InChI is InChI=1S/C14H15BrClNO/c1-2-17-12(13-7-8-14(16)18-13)9-10-5-3-4-6-11(10)15/h3-8,12,17H,2,9H2,1H3. The number of rotatable bonds is 5. The number of likely N-dealkylation sites (N-methyl/N-ethyl adjacent to an activating group) is 1. The monoisotopic (exact) mass is 327 g/mol. The molecule has 1 aromatic heterocycles. The summed E-state index contributed by atoms with van der Waals surface area (Å²) in [5.41, 5.74) is 1.25. The van der Waals surface area contributed by atoms with Crippen molar-refractivity contribution in [3.8, 4) is 0 Å². The molecule has 0 spiro atoms. The van der Waals surface area contributed by atoms with Gasteiger partial charge in [-0.1, -0.05) is 41.1 Å². The average Bonchev–Trinajstić information content (AvgIpc) is 2.78. The van der Waals surface area contributed by atoms with E-state index in [0.717, 1.165) is 23.2 Å². The summed E-state index contributed by atoms with van der Waals surface area (Å²) in [5, 5.41) is 3.85. The number of hydrogen-bond acceptors (Lipinski definition) is 2. The molecule has 1 atom stereocenters. The van der Waals surface area contributed by atoms with Crippen LogP contribution in [0.2, 0.25) is 5.22 Å². The Balaban J connectivity index is 2.19. The van der Waals surface area contributed by atoms with Gasteiger partial charge in [0, 0.05) is 4.47 Å². The lowest BCUT2D eigenvalue weighted by molar-refractivity contribution is 0.417. The van der Waals surface area contributed by atoms with Crippen LogP contribution < -0.4 is 5.32 Å². The minimum Gasteiger partial charge on any atom is -0.448 e. The molecule has 4 heteroatoms. The Bertz CT molecular complexity index is 512. The van der Waals surface area contributed by atoms with Crippen molar-refractivity contribution in [3.05, 3.63) is 57.4 Å². The molecule has 1 heterocycles. The van der Waals surface area contributed by atoms with Gasteiger partial charge in [0.2, 0.25) is 0 Å².